The molecule has 3 aromatic rings. The number of aromatic nitrogens is 2. The van der Waals surface area contributed by atoms with Gasteiger partial charge in [-0.15, -0.1) is 0 Å². The van der Waals surface area contributed by atoms with E-state index in [1.165, 1.54) is 0 Å². The summed E-state index contributed by atoms with van der Waals surface area (Å²) in [7, 11) is 1.82. The topological polar surface area (TPSA) is 34.9 Å². The van der Waals surface area contributed by atoms with Crippen LogP contribution in [0.25, 0.3) is 11.0 Å². The van der Waals surface area contributed by atoms with Crippen molar-refractivity contribution in [2.45, 2.75) is 13.8 Å². The molecule has 1 aromatic carbocycles. The molecule has 3 nitrogen and oxygen atoms in total. The highest BCUT2D eigenvalue weighted by molar-refractivity contribution is 6.16. The summed E-state index contributed by atoms with van der Waals surface area (Å²) in [6.45, 7) is 3.41. The lowest BCUT2D eigenvalue weighted by molar-refractivity contribution is 0.103. The molecule has 0 atom stereocenters. The molecule has 0 amide bonds. The fraction of sp³-hybridized carbons (Fsp3) is 0.176. The lowest BCUT2D eigenvalue weighted by Crippen LogP contribution is -2.08. The predicted molar refractivity (Wildman–Crippen MR) is 80.0 cm³/mol. The van der Waals surface area contributed by atoms with Crippen LogP contribution in [-0.4, -0.2) is 15.3 Å². The SMILES string of the molecule is Cc1ccc(C)c(C(=O)c2cn(C)c3ncccc23)c1F. The van der Waals surface area contributed by atoms with Crippen LogP contribution in [0.15, 0.2) is 36.7 Å². The molecule has 0 spiro atoms. The summed E-state index contributed by atoms with van der Waals surface area (Å²) in [5, 5.41) is 0.741. The van der Waals surface area contributed by atoms with Crippen LogP contribution in [-0.2, 0) is 7.05 Å². The van der Waals surface area contributed by atoms with Crippen molar-refractivity contribution < 1.29 is 9.18 Å². The molecule has 4 heteroatoms. The quantitative estimate of drug-likeness (QED) is 0.674. The van der Waals surface area contributed by atoms with Crippen molar-refractivity contribution >= 4 is 16.8 Å². The Morgan fingerprint density at radius 2 is 1.90 bits per heavy atom. The molecular formula is C17H15FN2O. The van der Waals surface area contributed by atoms with Crippen LogP contribution in [0.4, 0.5) is 4.39 Å². The van der Waals surface area contributed by atoms with Crippen molar-refractivity contribution in [2.24, 2.45) is 7.05 Å². The van der Waals surface area contributed by atoms with E-state index >= 15 is 0 Å². The summed E-state index contributed by atoms with van der Waals surface area (Å²) in [6, 6.07) is 7.07. The minimum atomic E-state index is -0.444. The van der Waals surface area contributed by atoms with Crippen molar-refractivity contribution in [2.75, 3.05) is 0 Å². The average molecular weight is 282 g/mol. The summed E-state index contributed by atoms with van der Waals surface area (Å²) in [4.78, 5) is 17.0. The molecule has 106 valence electrons. The normalized spacial score (nSPS) is 11.0. The number of hydrogen-bond acceptors (Lipinski definition) is 2. The van der Waals surface area contributed by atoms with E-state index in [-0.39, 0.29) is 11.3 Å². The van der Waals surface area contributed by atoms with E-state index in [2.05, 4.69) is 4.98 Å². The van der Waals surface area contributed by atoms with Gasteiger partial charge in [0.15, 0.2) is 5.78 Å². The fourth-order valence-electron chi connectivity index (χ4n) is 2.58. The van der Waals surface area contributed by atoms with Crippen LogP contribution >= 0.6 is 0 Å². The molecule has 0 saturated heterocycles. The summed E-state index contributed by atoms with van der Waals surface area (Å²) in [6.07, 6.45) is 3.39. The third-order valence-corrected chi connectivity index (χ3v) is 3.75. The minimum Gasteiger partial charge on any atom is -0.335 e. The molecule has 0 aliphatic heterocycles. The van der Waals surface area contributed by atoms with E-state index in [1.807, 2.05) is 13.1 Å². The maximum atomic E-state index is 14.4. The van der Waals surface area contributed by atoms with Gasteiger partial charge >= 0.3 is 0 Å². The maximum absolute atomic E-state index is 14.4. The highest BCUT2D eigenvalue weighted by atomic mass is 19.1. The van der Waals surface area contributed by atoms with Crippen molar-refractivity contribution in [1.29, 1.82) is 0 Å². The van der Waals surface area contributed by atoms with Crippen LogP contribution in [0.2, 0.25) is 0 Å². The van der Waals surface area contributed by atoms with Gasteiger partial charge in [-0.2, -0.15) is 0 Å². The predicted octanol–water partition coefficient (Wildman–Crippen LogP) is 3.56. The second-order valence-corrected chi connectivity index (χ2v) is 5.25. The highest BCUT2D eigenvalue weighted by Crippen LogP contribution is 2.25. The first kappa shape index (κ1) is 13.5. The van der Waals surface area contributed by atoms with Gasteiger partial charge in [0.2, 0.25) is 0 Å². The number of benzene rings is 1. The van der Waals surface area contributed by atoms with Gasteiger partial charge in [-0.3, -0.25) is 4.79 Å². The number of halogens is 1. The van der Waals surface area contributed by atoms with Crippen molar-refractivity contribution in [3.8, 4) is 0 Å². The zero-order chi connectivity index (χ0) is 15.1. The van der Waals surface area contributed by atoms with Gasteiger partial charge in [0.25, 0.3) is 0 Å². The molecule has 2 aromatic heterocycles. The lowest BCUT2D eigenvalue weighted by atomic mass is 9.96. The molecule has 21 heavy (non-hydrogen) atoms. The Morgan fingerprint density at radius 1 is 1.19 bits per heavy atom. The summed E-state index contributed by atoms with van der Waals surface area (Å²) < 4.78 is 16.1. The van der Waals surface area contributed by atoms with Gasteiger partial charge in [-0.1, -0.05) is 12.1 Å². The van der Waals surface area contributed by atoms with E-state index in [9.17, 15) is 9.18 Å². The third-order valence-electron chi connectivity index (χ3n) is 3.75. The first-order valence-electron chi connectivity index (χ1n) is 6.71. The second kappa shape index (κ2) is 4.81. The number of nitrogens with zero attached hydrogens (tertiary/aromatic N) is 2. The Labute approximate surface area is 122 Å². The van der Waals surface area contributed by atoms with Crippen LogP contribution in [0.1, 0.15) is 27.0 Å². The molecule has 0 unspecified atom stereocenters. The number of carbonyl (C=O) groups excluding carboxylic acids is 1. The van der Waals surface area contributed by atoms with E-state index in [0.29, 0.717) is 22.3 Å². The Kier molecular flexibility index (Phi) is 3.09. The van der Waals surface area contributed by atoms with Gasteiger partial charge in [0.05, 0.1) is 5.56 Å². The van der Waals surface area contributed by atoms with Gasteiger partial charge in [0, 0.05) is 30.4 Å². The molecule has 0 saturated carbocycles. The van der Waals surface area contributed by atoms with Gasteiger partial charge in [-0.05, 0) is 37.1 Å². The highest BCUT2D eigenvalue weighted by Gasteiger charge is 2.22. The Hall–Kier alpha value is -2.49. The van der Waals surface area contributed by atoms with Gasteiger partial charge < -0.3 is 4.57 Å². The van der Waals surface area contributed by atoms with E-state index < -0.39 is 5.82 Å². The van der Waals surface area contributed by atoms with E-state index in [1.54, 1.807) is 49.0 Å². The third kappa shape index (κ3) is 2.03. The largest absolute Gasteiger partial charge is 0.335 e. The molecule has 0 radical (unpaired) electrons. The molecule has 3 rings (SSSR count). The molecule has 0 bridgehead atoms. The number of carbonyl (C=O) groups is 1. The van der Waals surface area contributed by atoms with Crippen molar-refractivity contribution in [1.82, 2.24) is 9.55 Å². The summed E-state index contributed by atoms with van der Waals surface area (Å²) >= 11 is 0. The maximum Gasteiger partial charge on any atom is 0.198 e. The van der Waals surface area contributed by atoms with Gasteiger partial charge in [-0.25, -0.2) is 9.37 Å². The molecular weight excluding hydrogens is 267 g/mol. The standard InChI is InChI=1S/C17H15FN2O/c1-10-6-7-11(2)15(18)14(10)16(21)13-9-20(3)17-12(13)5-4-8-19-17/h4-9H,1-3H3. The smallest absolute Gasteiger partial charge is 0.198 e. The number of ketones is 1. The monoisotopic (exact) mass is 282 g/mol. The molecule has 0 aliphatic rings. The Morgan fingerprint density at radius 3 is 2.67 bits per heavy atom. The van der Waals surface area contributed by atoms with Crippen LogP contribution in [0.5, 0.6) is 0 Å². The molecule has 0 fully saturated rings. The minimum absolute atomic E-state index is 0.145. The lowest BCUT2D eigenvalue weighted by Gasteiger charge is -2.08. The number of rotatable bonds is 2. The first-order valence-corrected chi connectivity index (χ1v) is 6.71. The van der Waals surface area contributed by atoms with Crippen LogP contribution in [0, 0.1) is 19.7 Å². The van der Waals surface area contributed by atoms with Crippen molar-refractivity contribution in [3.63, 3.8) is 0 Å². The Balaban J connectivity index is 2.25. The van der Waals surface area contributed by atoms with E-state index in [0.717, 1.165) is 5.39 Å². The zero-order valence-corrected chi connectivity index (χ0v) is 12.1. The number of fused-ring (bicyclic) bond motifs is 1. The summed E-state index contributed by atoms with van der Waals surface area (Å²) in [5.41, 5.74) is 2.46. The molecule has 0 aliphatic carbocycles. The van der Waals surface area contributed by atoms with Crippen LogP contribution in [0.3, 0.4) is 0 Å². The molecule has 2 heterocycles. The average Bonchev–Trinajstić information content (AvgIpc) is 2.81. The number of hydrogen-bond donors (Lipinski definition) is 0. The molecule has 0 N–H and O–H groups in total. The Bertz CT molecular complexity index is 865. The number of pyridine rings is 1. The fourth-order valence-corrected chi connectivity index (χ4v) is 2.58. The zero-order valence-electron chi connectivity index (χ0n) is 12.1. The number of aryl methyl sites for hydroxylation is 3. The van der Waals surface area contributed by atoms with E-state index in [4.69, 9.17) is 0 Å². The first-order chi connectivity index (χ1) is 10.0. The summed E-state index contributed by atoms with van der Waals surface area (Å²) in [5.74, 6) is -0.742. The van der Waals surface area contributed by atoms with Crippen molar-refractivity contribution in [3.05, 3.63) is 64.7 Å². The van der Waals surface area contributed by atoms with Crippen LogP contribution < -0.4 is 0 Å². The van der Waals surface area contributed by atoms with Gasteiger partial charge in [0.1, 0.15) is 11.5 Å². The second-order valence-electron chi connectivity index (χ2n) is 5.25.